The molecule has 1 fully saturated rings. The third kappa shape index (κ3) is 7.18. The predicted octanol–water partition coefficient (Wildman–Crippen LogP) is 2.11. The molecule has 0 amide bonds. The van der Waals surface area contributed by atoms with Gasteiger partial charge in [-0.3, -0.25) is 4.90 Å². The van der Waals surface area contributed by atoms with Crippen molar-refractivity contribution in [3.8, 4) is 5.75 Å². The van der Waals surface area contributed by atoms with Crippen molar-refractivity contribution in [2.75, 3.05) is 46.1 Å². The third-order valence-electron chi connectivity index (χ3n) is 3.88. The fourth-order valence-electron chi connectivity index (χ4n) is 2.73. The molecule has 2 unspecified atom stereocenters. The second kappa shape index (κ2) is 9.99. The lowest BCUT2D eigenvalue weighted by atomic mass is 10.2. The van der Waals surface area contributed by atoms with Crippen LogP contribution in [0.1, 0.15) is 19.4 Å². The molecule has 5 heteroatoms. The first kappa shape index (κ1) is 19.2. The number of rotatable bonds is 9. The number of nitrogens with zero attached hydrogens (tertiary/aromatic N) is 1. The van der Waals surface area contributed by atoms with Gasteiger partial charge in [0.25, 0.3) is 0 Å². The first-order valence-electron chi connectivity index (χ1n) is 8.82. The molecule has 1 aromatic carbocycles. The van der Waals surface area contributed by atoms with E-state index in [9.17, 15) is 5.11 Å². The van der Waals surface area contributed by atoms with Crippen LogP contribution < -0.4 is 4.74 Å². The van der Waals surface area contributed by atoms with E-state index in [4.69, 9.17) is 14.2 Å². The van der Waals surface area contributed by atoms with Crippen LogP contribution in [-0.4, -0.2) is 68.3 Å². The molecular formula is C19H31NO4. The average Bonchev–Trinajstić information content (AvgIpc) is 2.53. The summed E-state index contributed by atoms with van der Waals surface area (Å²) in [6.07, 6.45) is -0.428. The highest BCUT2D eigenvalue weighted by Gasteiger charge is 2.23. The maximum absolute atomic E-state index is 10.1. The number of aliphatic hydroxyl groups is 1. The first-order chi connectivity index (χ1) is 11.5. The van der Waals surface area contributed by atoms with Crippen molar-refractivity contribution in [2.45, 2.75) is 33.0 Å². The van der Waals surface area contributed by atoms with E-state index in [-0.39, 0.29) is 6.10 Å². The lowest BCUT2D eigenvalue weighted by Crippen LogP contribution is -2.48. The molecular weight excluding hydrogens is 306 g/mol. The molecule has 136 valence electrons. The van der Waals surface area contributed by atoms with Gasteiger partial charge in [0.05, 0.1) is 19.3 Å². The SMILES string of the molecule is Cc1cccc(OCC2CN(CC(O)COCC(C)C)CCO2)c1. The molecule has 0 aromatic heterocycles. The summed E-state index contributed by atoms with van der Waals surface area (Å²) in [4.78, 5) is 2.22. The van der Waals surface area contributed by atoms with Crippen molar-refractivity contribution in [1.82, 2.24) is 4.90 Å². The van der Waals surface area contributed by atoms with Crippen LogP contribution in [0.2, 0.25) is 0 Å². The molecule has 1 saturated heterocycles. The van der Waals surface area contributed by atoms with Crippen molar-refractivity contribution < 1.29 is 19.3 Å². The Morgan fingerprint density at radius 1 is 1.33 bits per heavy atom. The average molecular weight is 337 g/mol. The normalized spacial score (nSPS) is 20.3. The zero-order valence-corrected chi connectivity index (χ0v) is 15.1. The van der Waals surface area contributed by atoms with Crippen molar-refractivity contribution in [1.29, 1.82) is 0 Å². The second-order valence-electron chi connectivity index (χ2n) is 6.97. The Morgan fingerprint density at radius 2 is 2.17 bits per heavy atom. The van der Waals surface area contributed by atoms with E-state index < -0.39 is 6.10 Å². The summed E-state index contributed by atoms with van der Waals surface area (Å²) >= 11 is 0. The van der Waals surface area contributed by atoms with Gasteiger partial charge in [0.15, 0.2) is 0 Å². The van der Waals surface area contributed by atoms with Gasteiger partial charge in [-0.05, 0) is 30.5 Å². The zero-order chi connectivity index (χ0) is 17.4. The van der Waals surface area contributed by atoms with E-state index in [0.717, 1.165) is 18.8 Å². The molecule has 0 aliphatic carbocycles. The minimum atomic E-state index is -0.458. The molecule has 24 heavy (non-hydrogen) atoms. The maximum atomic E-state index is 10.1. The number of β-amino-alcohol motifs (C(OH)–C–C–N with tert-alkyl or cyclic N) is 1. The van der Waals surface area contributed by atoms with Crippen LogP contribution in [0, 0.1) is 12.8 Å². The van der Waals surface area contributed by atoms with Gasteiger partial charge in [-0.1, -0.05) is 26.0 Å². The van der Waals surface area contributed by atoms with Crippen LogP contribution in [0.25, 0.3) is 0 Å². The number of ether oxygens (including phenoxy) is 3. The summed E-state index contributed by atoms with van der Waals surface area (Å²) in [6.45, 7) is 10.8. The van der Waals surface area contributed by atoms with Gasteiger partial charge < -0.3 is 19.3 Å². The Morgan fingerprint density at radius 3 is 2.92 bits per heavy atom. The lowest BCUT2D eigenvalue weighted by molar-refractivity contribution is -0.0654. The summed E-state index contributed by atoms with van der Waals surface area (Å²) in [5.74, 6) is 1.36. The number of aliphatic hydroxyl groups excluding tert-OH is 1. The van der Waals surface area contributed by atoms with Crippen LogP contribution in [-0.2, 0) is 9.47 Å². The molecule has 2 atom stereocenters. The number of morpholine rings is 1. The van der Waals surface area contributed by atoms with Crippen molar-refractivity contribution in [3.63, 3.8) is 0 Å². The fourth-order valence-corrected chi connectivity index (χ4v) is 2.73. The van der Waals surface area contributed by atoms with Crippen LogP contribution in [0.5, 0.6) is 5.75 Å². The van der Waals surface area contributed by atoms with Crippen LogP contribution in [0.3, 0.4) is 0 Å². The summed E-state index contributed by atoms with van der Waals surface area (Å²) in [6, 6.07) is 8.03. The topological polar surface area (TPSA) is 51.2 Å². The molecule has 1 heterocycles. The van der Waals surface area contributed by atoms with Crippen LogP contribution >= 0.6 is 0 Å². The molecule has 0 spiro atoms. The minimum Gasteiger partial charge on any atom is -0.491 e. The molecule has 1 N–H and O–H groups in total. The van der Waals surface area contributed by atoms with Crippen LogP contribution in [0.4, 0.5) is 0 Å². The highest BCUT2D eigenvalue weighted by atomic mass is 16.5. The Kier molecular flexibility index (Phi) is 7.99. The molecule has 5 nitrogen and oxygen atoms in total. The largest absolute Gasteiger partial charge is 0.491 e. The van der Waals surface area contributed by atoms with Crippen molar-refractivity contribution in [3.05, 3.63) is 29.8 Å². The van der Waals surface area contributed by atoms with E-state index in [1.807, 2.05) is 18.2 Å². The van der Waals surface area contributed by atoms with Gasteiger partial charge in [0, 0.05) is 26.2 Å². The first-order valence-corrected chi connectivity index (χ1v) is 8.82. The van der Waals surface area contributed by atoms with Gasteiger partial charge in [0.1, 0.15) is 18.5 Å². The smallest absolute Gasteiger partial charge is 0.119 e. The number of aryl methyl sites for hydroxylation is 1. The number of hydrogen-bond acceptors (Lipinski definition) is 5. The quantitative estimate of drug-likeness (QED) is 0.748. The monoisotopic (exact) mass is 337 g/mol. The van der Waals surface area contributed by atoms with Crippen molar-refractivity contribution >= 4 is 0 Å². The Balaban J connectivity index is 1.69. The lowest BCUT2D eigenvalue weighted by Gasteiger charge is -2.33. The molecule has 0 saturated carbocycles. The van der Waals surface area contributed by atoms with E-state index in [2.05, 4.69) is 31.7 Å². The Bertz CT molecular complexity index is 480. The molecule has 1 aliphatic rings. The molecule has 1 aromatic rings. The van der Waals surface area contributed by atoms with Crippen molar-refractivity contribution in [2.24, 2.45) is 5.92 Å². The zero-order valence-electron chi connectivity index (χ0n) is 15.1. The van der Waals surface area contributed by atoms with Gasteiger partial charge in [-0.25, -0.2) is 0 Å². The van der Waals surface area contributed by atoms with Crippen LogP contribution in [0.15, 0.2) is 24.3 Å². The molecule has 1 aliphatic heterocycles. The summed E-state index contributed by atoms with van der Waals surface area (Å²) in [7, 11) is 0. The molecule has 0 radical (unpaired) electrons. The summed E-state index contributed by atoms with van der Waals surface area (Å²) < 4.78 is 17.1. The van der Waals surface area contributed by atoms with Gasteiger partial charge >= 0.3 is 0 Å². The highest BCUT2D eigenvalue weighted by molar-refractivity contribution is 5.27. The second-order valence-corrected chi connectivity index (χ2v) is 6.97. The molecule has 0 bridgehead atoms. The summed E-state index contributed by atoms with van der Waals surface area (Å²) in [5.41, 5.74) is 1.18. The number of benzene rings is 1. The minimum absolute atomic E-state index is 0.0306. The molecule has 2 rings (SSSR count). The van der Waals surface area contributed by atoms with E-state index in [0.29, 0.717) is 38.9 Å². The maximum Gasteiger partial charge on any atom is 0.119 e. The van der Waals surface area contributed by atoms with Gasteiger partial charge in [-0.15, -0.1) is 0 Å². The highest BCUT2D eigenvalue weighted by Crippen LogP contribution is 2.14. The Labute approximate surface area is 145 Å². The standard InChI is InChI=1S/C19H31NO4/c1-15(2)12-22-13-17(21)10-20-7-8-23-19(11-20)14-24-18-6-4-5-16(3)9-18/h4-6,9,15,17,19,21H,7-8,10-14H2,1-3H3. The third-order valence-corrected chi connectivity index (χ3v) is 3.88. The van der Waals surface area contributed by atoms with E-state index in [1.165, 1.54) is 5.56 Å². The predicted molar refractivity (Wildman–Crippen MR) is 94.5 cm³/mol. The van der Waals surface area contributed by atoms with Gasteiger partial charge in [-0.2, -0.15) is 0 Å². The number of hydrogen-bond donors (Lipinski definition) is 1. The van der Waals surface area contributed by atoms with E-state index in [1.54, 1.807) is 0 Å². The Hall–Kier alpha value is -1.14. The van der Waals surface area contributed by atoms with Gasteiger partial charge in [0.2, 0.25) is 0 Å². The summed E-state index contributed by atoms with van der Waals surface area (Å²) in [5, 5.41) is 10.1. The van der Waals surface area contributed by atoms with E-state index >= 15 is 0 Å². The fraction of sp³-hybridized carbons (Fsp3) is 0.684.